The summed E-state index contributed by atoms with van der Waals surface area (Å²) in [5.74, 6) is 0. The van der Waals surface area contributed by atoms with E-state index >= 15 is 0 Å². The minimum absolute atomic E-state index is 0.248. The van der Waals surface area contributed by atoms with E-state index in [1.165, 1.54) is 24.8 Å². The van der Waals surface area contributed by atoms with Gasteiger partial charge in [-0.1, -0.05) is 25.1 Å². The zero-order chi connectivity index (χ0) is 13.0. The van der Waals surface area contributed by atoms with Crippen molar-refractivity contribution in [1.29, 1.82) is 0 Å². The summed E-state index contributed by atoms with van der Waals surface area (Å²) in [5, 5.41) is 3.52. The van der Waals surface area contributed by atoms with E-state index in [1.54, 1.807) is 18.2 Å². The first-order valence-electron chi connectivity index (χ1n) is 7.11. The van der Waals surface area contributed by atoms with Crippen LogP contribution in [-0.4, -0.2) is 25.8 Å². The number of ether oxygens (including phenoxy) is 1. The molecule has 2 heteroatoms. The molecule has 0 heterocycles. The summed E-state index contributed by atoms with van der Waals surface area (Å²) in [6.07, 6.45) is 5.15. The Labute approximate surface area is 111 Å². The van der Waals surface area contributed by atoms with Crippen LogP contribution in [0.2, 0.25) is 0 Å². The van der Waals surface area contributed by atoms with Crippen molar-refractivity contribution in [2.45, 2.75) is 51.7 Å². The first kappa shape index (κ1) is 13.6. The van der Waals surface area contributed by atoms with Crippen molar-refractivity contribution in [3.05, 3.63) is 34.9 Å². The van der Waals surface area contributed by atoms with Gasteiger partial charge in [0.2, 0.25) is 0 Å². The number of fused-ring (bicyclic) bond motifs is 1. The lowest BCUT2D eigenvalue weighted by molar-refractivity contribution is 0.0836. The van der Waals surface area contributed by atoms with E-state index in [4.69, 9.17) is 4.74 Å². The summed E-state index contributed by atoms with van der Waals surface area (Å²) < 4.78 is 5.47. The Kier molecular flexibility index (Phi) is 4.79. The van der Waals surface area contributed by atoms with Gasteiger partial charge in [0.25, 0.3) is 0 Å². The van der Waals surface area contributed by atoms with Crippen LogP contribution in [0, 0.1) is 0 Å². The van der Waals surface area contributed by atoms with Crippen LogP contribution in [-0.2, 0) is 24.0 Å². The Morgan fingerprint density at radius 2 is 2.06 bits per heavy atom. The maximum absolute atomic E-state index is 5.47. The fraction of sp³-hybridized carbons (Fsp3) is 0.625. The molecule has 0 amide bonds. The van der Waals surface area contributed by atoms with Crippen LogP contribution in [0.25, 0.3) is 0 Å². The van der Waals surface area contributed by atoms with Gasteiger partial charge in [0.15, 0.2) is 0 Å². The number of rotatable bonds is 6. The molecule has 2 nitrogen and oxygen atoms in total. The first-order valence-corrected chi connectivity index (χ1v) is 7.11. The fourth-order valence-corrected chi connectivity index (χ4v) is 2.84. The molecule has 0 fully saturated rings. The lowest BCUT2D eigenvalue weighted by Crippen LogP contribution is -2.41. The van der Waals surface area contributed by atoms with Crippen LogP contribution < -0.4 is 5.32 Å². The summed E-state index contributed by atoms with van der Waals surface area (Å²) >= 11 is 0. The van der Waals surface area contributed by atoms with E-state index < -0.39 is 0 Å². The maximum atomic E-state index is 5.47. The topological polar surface area (TPSA) is 21.3 Å². The zero-order valence-electron chi connectivity index (χ0n) is 11.8. The second kappa shape index (κ2) is 6.35. The molecule has 1 aliphatic carbocycles. The van der Waals surface area contributed by atoms with E-state index in [1.807, 2.05) is 0 Å². The number of likely N-dealkylation sites (N-methyl/N-ethyl adjacent to an activating group) is 1. The second-order valence-corrected chi connectivity index (χ2v) is 5.27. The van der Waals surface area contributed by atoms with Crippen LogP contribution in [0.3, 0.4) is 0 Å². The standard InChI is InChI=1S/C16H25NO/c1-4-17-16(12(2)18-3)11-13-8-9-14-6-5-7-15(14)10-13/h8-10,12,16-17H,4-7,11H2,1-3H3. The van der Waals surface area contributed by atoms with Crippen LogP contribution in [0.15, 0.2) is 18.2 Å². The zero-order valence-corrected chi connectivity index (χ0v) is 11.8. The number of nitrogens with one attached hydrogen (secondary N) is 1. The van der Waals surface area contributed by atoms with Crippen molar-refractivity contribution < 1.29 is 4.74 Å². The monoisotopic (exact) mass is 247 g/mol. The molecule has 100 valence electrons. The Morgan fingerprint density at radius 3 is 2.78 bits per heavy atom. The number of hydrogen-bond donors (Lipinski definition) is 1. The number of benzene rings is 1. The van der Waals surface area contributed by atoms with E-state index in [0.29, 0.717) is 6.04 Å². The third-order valence-electron chi connectivity index (χ3n) is 4.02. The van der Waals surface area contributed by atoms with Gasteiger partial charge in [-0.2, -0.15) is 0 Å². The van der Waals surface area contributed by atoms with Crippen molar-refractivity contribution in [3.63, 3.8) is 0 Å². The third-order valence-corrected chi connectivity index (χ3v) is 4.02. The highest BCUT2D eigenvalue weighted by Crippen LogP contribution is 2.23. The van der Waals surface area contributed by atoms with Crippen molar-refractivity contribution in [3.8, 4) is 0 Å². The summed E-state index contributed by atoms with van der Waals surface area (Å²) in [5.41, 5.74) is 4.55. The predicted octanol–water partition coefficient (Wildman–Crippen LogP) is 2.73. The van der Waals surface area contributed by atoms with Gasteiger partial charge in [0.1, 0.15) is 0 Å². The molecule has 1 aliphatic rings. The molecule has 2 atom stereocenters. The molecule has 1 aromatic rings. The van der Waals surface area contributed by atoms with Gasteiger partial charge in [0.05, 0.1) is 6.10 Å². The lowest BCUT2D eigenvalue weighted by Gasteiger charge is -2.24. The summed E-state index contributed by atoms with van der Waals surface area (Å²) in [6.45, 7) is 5.28. The minimum Gasteiger partial charge on any atom is -0.380 e. The molecule has 2 unspecified atom stereocenters. The quantitative estimate of drug-likeness (QED) is 0.834. The SMILES string of the molecule is CCNC(Cc1ccc2c(c1)CCC2)C(C)OC. The third kappa shape index (κ3) is 3.12. The summed E-state index contributed by atoms with van der Waals surface area (Å²) in [6, 6.07) is 7.41. The van der Waals surface area contributed by atoms with E-state index in [0.717, 1.165) is 13.0 Å². The smallest absolute Gasteiger partial charge is 0.0699 e. The number of methoxy groups -OCH3 is 1. The average Bonchev–Trinajstić information content (AvgIpc) is 2.84. The molecule has 0 saturated carbocycles. The highest BCUT2D eigenvalue weighted by atomic mass is 16.5. The number of aryl methyl sites for hydroxylation is 2. The lowest BCUT2D eigenvalue weighted by atomic mass is 9.98. The Bertz CT molecular complexity index is 389. The Balaban J connectivity index is 2.06. The molecule has 18 heavy (non-hydrogen) atoms. The van der Waals surface area contributed by atoms with Crippen LogP contribution in [0.5, 0.6) is 0 Å². The van der Waals surface area contributed by atoms with Crippen LogP contribution >= 0.6 is 0 Å². The Hall–Kier alpha value is -0.860. The second-order valence-electron chi connectivity index (χ2n) is 5.27. The molecule has 0 bridgehead atoms. The highest BCUT2D eigenvalue weighted by molar-refractivity contribution is 5.35. The van der Waals surface area contributed by atoms with Crippen LogP contribution in [0.1, 0.15) is 37.0 Å². The molecule has 1 aromatic carbocycles. The average molecular weight is 247 g/mol. The van der Waals surface area contributed by atoms with Gasteiger partial charge >= 0.3 is 0 Å². The van der Waals surface area contributed by atoms with Gasteiger partial charge in [-0.05, 0) is 55.8 Å². The minimum atomic E-state index is 0.248. The van der Waals surface area contributed by atoms with Gasteiger partial charge in [0, 0.05) is 13.2 Å². The molecular weight excluding hydrogens is 222 g/mol. The Morgan fingerprint density at radius 1 is 1.28 bits per heavy atom. The van der Waals surface area contributed by atoms with Crippen molar-refractivity contribution >= 4 is 0 Å². The molecule has 0 saturated heterocycles. The van der Waals surface area contributed by atoms with E-state index in [-0.39, 0.29) is 6.10 Å². The molecule has 1 N–H and O–H groups in total. The van der Waals surface area contributed by atoms with Crippen LogP contribution in [0.4, 0.5) is 0 Å². The summed E-state index contributed by atoms with van der Waals surface area (Å²) in [7, 11) is 1.79. The van der Waals surface area contributed by atoms with Crippen molar-refractivity contribution in [2.75, 3.05) is 13.7 Å². The molecule has 0 radical (unpaired) electrons. The maximum Gasteiger partial charge on any atom is 0.0699 e. The fourth-order valence-electron chi connectivity index (χ4n) is 2.84. The normalized spacial score (nSPS) is 17.5. The van der Waals surface area contributed by atoms with Gasteiger partial charge in [-0.3, -0.25) is 0 Å². The van der Waals surface area contributed by atoms with Crippen molar-refractivity contribution in [1.82, 2.24) is 5.32 Å². The molecule has 0 aliphatic heterocycles. The van der Waals surface area contributed by atoms with Crippen molar-refractivity contribution in [2.24, 2.45) is 0 Å². The van der Waals surface area contributed by atoms with Gasteiger partial charge < -0.3 is 10.1 Å². The molecule has 0 spiro atoms. The number of hydrogen-bond acceptors (Lipinski definition) is 2. The van der Waals surface area contributed by atoms with E-state index in [2.05, 4.69) is 37.4 Å². The predicted molar refractivity (Wildman–Crippen MR) is 76.1 cm³/mol. The molecule has 2 rings (SSSR count). The molecular formula is C16H25NO. The molecule has 0 aromatic heterocycles. The van der Waals surface area contributed by atoms with E-state index in [9.17, 15) is 0 Å². The summed E-state index contributed by atoms with van der Waals surface area (Å²) in [4.78, 5) is 0. The largest absolute Gasteiger partial charge is 0.380 e. The van der Waals surface area contributed by atoms with Gasteiger partial charge in [-0.25, -0.2) is 0 Å². The van der Waals surface area contributed by atoms with Gasteiger partial charge in [-0.15, -0.1) is 0 Å². The first-order chi connectivity index (χ1) is 8.74. The highest BCUT2D eigenvalue weighted by Gasteiger charge is 2.17.